The van der Waals surface area contributed by atoms with Gasteiger partial charge in [0.1, 0.15) is 0 Å². The van der Waals surface area contributed by atoms with E-state index in [0.29, 0.717) is 16.9 Å². The van der Waals surface area contributed by atoms with E-state index in [-0.39, 0.29) is 11.3 Å². The minimum Gasteiger partial charge on any atom is -0.478 e. The first-order valence-corrected chi connectivity index (χ1v) is 5.18. The minimum atomic E-state index is -1.08. The van der Waals surface area contributed by atoms with Crippen LogP contribution in [0.1, 0.15) is 10.4 Å². The average molecular weight is 258 g/mol. The van der Waals surface area contributed by atoms with Crippen molar-refractivity contribution in [2.75, 3.05) is 0 Å². The van der Waals surface area contributed by atoms with E-state index in [9.17, 15) is 4.79 Å². The number of benzene rings is 1. The standard InChI is InChI=1S/C11H6N4O4/c16-11(17)7-2-1-6(9-4-12-14-18-9)3-8(7)10-5-13-15-19-10/h1-5H,(H,16,17). The van der Waals surface area contributed by atoms with Crippen LogP contribution in [0.15, 0.2) is 39.6 Å². The van der Waals surface area contributed by atoms with Crippen molar-refractivity contribution in [2.24, 2.45) is 0 Å². The van der Waals surface area contributed by atoms with Crippen LogP contribution in [0.25, 0.3) is 22.6 Å². The maximum Gasteiger partial charge on any atom is 0.336 e. The number of carboxylic acid groups (broad SMARTS) is 1. The molecule has 2 heterocycles. The summed E-state index contributed by atoms with van der Waals surface area (Å²) in [6.07, 6.45) is 2.77. The van der Waals surface area contributed by atoms with Crippen molar-refractivity contribution >= 4 is 5.97 Å². The van der Waals surface area contributed by atoms with Gasteiger partial charge in [-0.05, 0) is 12.1 Å². The molecule has 8 heteroatoms. The Bertz CT molecular complexity index is 706. The van der Waals surface area contributed by atoms with Gasteiger partial charge in [0, 0.05) is 21.7 Å². The van der Waals surface area contributed by atoms with Gasteiger partial charge in [0.2, 0.25) is 0 Å². The molecule has 0 unspecified atom stereocenters. The van der Waals surface area contributed by atoms with Gasteiger partial charge in [-0.1, -0.05) is 6.07 Å². The summed E-state index contributed by atoms with van der Waals surface area (Å²) in [5.74, 6) is -0.397. The lowest BCUT2D eigenvalue weighted by Crippen LogP contribution is -1.99. The number of carboxylic acids is 1. The lowest BCUT2D eigenvalue weighted by atomic mass is 10.0. The number of carbonyl (C=O) groups is 1. The summed E-state index contributed by atoms with van der Waals surface area (Å²) >= 11 is 0. The maximum atomic E-state index is 11.2. The smallest absolute Gasteiger partial charge is 0.336 e. The normalized spacial score (nSPS) is 10.5. The average Bonchev–Trinajstić information content (AvgIpc) is 3.11. The molecule has 3 aromatic rings. The largest absolute Gasteiger partial charge is 0.478 e. The molecular formula is C11H6N4O4. The molecule has 0 aliphatic heterocycles. The third-order valence-electron chi connectivity index (χ3n) is 2.52. The van der Waals surface area contributed by atoms with E-state index < -0.39 is 5.97 Å². The van der Waals surface area contributed by atoms with Gasteiger partial charge in [-0.25, -0.2) is 4.79 Å². The lowest BCUT2D eigenvalue weighted by Gasteiger charge is -2.03. The van der Waals surface area contributed by atoms with Crippen LogP contribution in [0.4, 0.5) is 0 Å². The number of hydrogen-bond acceptors (Lipinski definition) is 7. The highest BCUT2D eigenvalue weighted by molar-refractivity contribution is 5.96. The van der Waals surface area contributed by atoms with Gasteiger partial charge in [-0.2, -0.15) is 0 Å². The zero-order chi connectivity index (χ0) is 13.2. The Balaban J connectivity index is 2.18. The van der Waals surface area contributed by atoms with Crippen LogP contribution in [0.3, 0.4) is 0 Å². The molecule has 0 fully saturated rings. The van der Waals surface area contributed by atoms with E-state index in [0.717, 1.165) is 0 Å². The fraction of sp³-hybridized carbons (Fsp3) is 0. The molecule has 0 amide bonds. The second kappa shape index (κ2) is 4.33. The van der Waals surface area contributed by atoms with Crippen molar-refractivity contribution in [3.63, 3.8) is 0 Å². The summed E-state index contributed by atoms with van der Waals surface area (Å²) in [6, 6.07) is 4.63. The van der Waals surface area contributed by atoms with Gasteiger partial charge in [-0.15, -0.1) is 10.2 Å². The Hall–Kier alpha value is -3.03. The highest BCUT2D eigenvalue weighted by Crippen LogP contribution is 2.28. The molecule has 1 aromatic carbocycles. The summed E-state index contributed by atoms with van der Waals surface area (Å²) in [7, 11) is 0. The highest BCUT2D eigenvalue weighted by Gasteiger charge is 2.17. The van der Waals surface area contributed by atoms with Crippen LogP contribution in [-0.2, 0) is 0 Å². The van der Waals surface area contributed by atoms with Crippen molar-refractivity contribution in [2.45, 2.75) is 0 Å². The van der Waals surface area contributed by atoms with Crippen LogP contribution in [0.2, 0.25) is 0 Å². The van der Waals surface area contributed by atoms with Crippen molar-refractivity contribution < 1.29 is 18.9 Å². The number of aromatic carboxylic acids is 1. The SMILES string of the molecule is O=C(O)c1ccc(-c2cnno2)cc1-c1cnno1. The van der Waals surface area contributed by atoms with Crippen LogP contribution in [0, 0.1) is 0 Å². The number of hydrogen-bond donors (Lipinski definition) is 1. The molecule has 0 radical (unpaired) electrons. The quantitative estimate of drug-likeness (QED) is 0.751. The summed E-state index contributed by atoms with van der Waals surface area (Å²) in [4.78, 5) is 11.2. The molecule has 0 bridgehead atoms. The number of rotatable bonds is 3. The molecule has 8 nitrogen and oxygen atoms in total. The minimum absolute atomic E-state index is 0.0785. The van der Waals surface area contributed by atoms with Gasteiger partial charge >= 0.3 is 5.97 Å². The molecule has 1 N–H and O–H groups in total. The predicted octanol–water partition coefficient (Wildman–Crippen LogP) is 1.48. The van der Waals surface area contributed by atoms with Crippen molar-refractivity contribution in [3.8, 4) is 22.6 Å². The zero-order valence-corrected chi connectivity index (χ0v) is 9.35. The first kappa shape index (κ1) is 11.1. The molecule has 0 atom stereocenters. The first-order valence-electron chi connectivity index (χ1n) is 5.18. The second-order valence-corrected chi connectivity index (χ2v) is 3.63. The number of aromatic nitrogens is 4. The summed E-state index contributed by atoms with van der Waals surface area (Å²) in [5.41, 5.74) is 1.06. The van der Waals surface area contributed by atoms with Gasteiger partial charge < -0.3 is 14.2 Å². The highest BCUT2D eigenvalue weighted by atomic mass is 16.5. The molecule has 0 aliphatic carbocycles. The van der Waals surface area contributed by atoms with Crippen LogP contribution in [0.5, 0.6) is 0 Å². The molecule has 19 heavy (non-hydrogen) atoms. The van der Waals surface area contributed by atoms with E-state index in [1.165, 1.54) is 18.5 Å². The van der Waals surface area contributed by atoms with Gasteiger partial charge in [0.05, 0.1) is 18.0 Å². The van der Waals surface area contributed by atoms with Gasteiger partial charge in [0.15, 0.2) is 11.5 Å². The molecule has 0 saturated carbocycles. The topological polar surface area (TPSA) is 115 Å². The van der Waals surface area contributed by atoms with E-state index in [4.69, 9.17) is 14.2 Å². The van der Waals surface area contributed by atoms with Crippen molar-refractivity contribution in [1.29, 1.82) is 0 Å². The Kier molecular flexibility index (Phi) is 2.53. The van der Waals surface area contributed by atoms with Crippen molar-refractivity contribution in [3.05, 3.63) is 36.2 Å². The maximum absolute atomic E-state index is 11.2. The molecule has 3 rings (SSSR count). The first-order chi connectivity index (χ1) is 9.25. The lowest BCUT2D eigenvalue weighted by molar-refractivity contribution is 0.0697. The van der Waals surface area contributed by atoms with Crippen LogP contribution >= 0.6 is 0 Å². The molecule has 0 spiro atoms. The molecule has 94 valence electrons. The van der Waals surface area contributed by atoms with E-state index in [1.807, 2.05) is 0 Å². The Labute approximate surface area is 105 Å². The van der Waals surface area contributed by atoms with Gasteiger partial charge in [-0.3, -0.25) is 0 Å². The second-order valence-electron chi connectivity index (χ2n) is 3.63. The Morgan fingerprint density at radius 2 is 1.74 bits per heavy atom. The molecule has 0 aliphatic rings. The third-order valence-corrected chi connectivity index (χ3v) is 2.52. The van der Waals surface area contributed by atoms with Gasteiger partial charge in [0.25, 0.3) is 0 Å². The molecule has 2 aromatic heterocycles. The van der Waals surface area contributed by atoms with Crippen LogP contribution < -0.4 is 0 Å². The monoisotopic (exact) mass is 258 g/mol. The van der Waals surface area contributed by atoms with E-state index in [1.54, 1.807) is 12.1 Å². The zero-order valence-electron chi connectivity index (χ0n) is 9.35. The van der Waals surface area contributed by atoms with Crippen molar-refractivity contribution in [1.82, 2.24) is 20.7 Å². The Morgan fingerprint density at radius 1 is 1.05 bits per heavy atom. The molecule has 0 saturated heterocycles. The predicted molar refractivity (Wildman–Crippen MR) is 60.0 cm³/mol. The number of nitrogens with zero attached hydrogens (tertiary/aromatic N) is 4. The third kappa shape index (κ3) is 1.95. The van der Waals surface area contributed by atoms with Crippen LogP contribution in [-0.4, -0.2) is 31.8 Å². The Morgan fingerprint density at radius 3 is 2.32 bits per heavy atom. The summed E-state index contributed by atoms with van der Waals surface area (Å²) in [5, 5.41) is 22.9. The fourth-order valence-corrected chi connectivity index (χ4v) is 1.67. The van der Waals surface area contributed by atoms with E-state index in [2.05, 4.69) is 20.7 Å². The summed E-state index contributed by atoms with van der Waals surface area (Å²) in [6.45, 7) is 0. The van der Waals surface area contributed by atoms with E-state index >= 15 is 0 Å². The summed E-state index contributed by atoms with van der Waals surface area (Å²) < 4.78 is 9.82. The fourth-order valence-electron chi connectivity index (χ4n) is 1.67. The molecular weight excluding hydrogens is 252 g/mol.